The molecule has 1 heterocycles. The van der Waals surface area contributed by atoms with Gasteiger partial charge in [-0.1, -0.05) is 6.42 Å². The van der Waals surface area contributed by atoms with Gasteiger partial charge in [0.25, 0.3) is 0 Å². The van der Waals surface area contributed by atoms with Crippen LogP contribution >= 0.6 is 0 Å². The first-order valence-electron chi connectivity index (χ1n) is 4.19. The molecule has 0 fully saturated rings. The minimum absolute atomic E-state index is 0.580. The lowest BCUT2D eigenvalue weighted by Crippen LogP contribution is -1.87. The fourth-order valence-electron chi connectivity index (χ4n) is 1.65. The van der Waals surface area contributed by atoms with Crippen molar-refractivity contribution < 1.29 is 0 Å². The van der Waals surface area contributed by atoms with E-state index in [1.165, 1.54) is 30.7 Å². The molecule has 0 aromatic carbocycles. The number of fused-ring (bicyclic) bond motifs is 1. The lowest BCUT2D eigenvalue weighted by atomic mass is 10.2. The van der Waals surface area contributed by atoms with Crippen LogP contribution in [0.1, 0.15) is 30.7 Å². The molecule has 11 heavy (non-hydrogen) atoms. The van der Waals surface area contributed by atoms with Gasteiger partial charge in [-0.05, 0) is 25.7 Å². The van der Waals surface area contributed by atoms with Crippen LogP contribution in [0.3, 0.4) is 0 Å². The molecule has 0 aliphatic heterocycles. The molecule has 1 aromatic rings. The Hall–Kier alpha value is -0.990. The number of nitrogens with zero attached hydrogens (tertiary/aromatic N) is 1. The van der Waals surface area contributed by atoms with Crippen LogP contribution in [-0.2, 0) is 12.8 Å². The van der Waals surface area contributed by atoms with Crippen LogP contribution in [-0.4, -0.2) is 9.97 Å². The second kappa shape index (κ2) is 2.57. The molecule has 1 aliphatic carbocycles. The smallest absolute Gasteiger partial charge is 0.197 e. The summed E-state index contributed by atoms with van der Waals surface area (Å²) in [5, 5.41) is 0. The fraction of sp³-hybridized carbons (Fsp3) is 0.625. The zero-order valence-corrected chi connectivity index (χ0v) is 6.56. The maximum absolute atomic E-state index is 5.54. The molecule has 0 spiro atoms. The van der Waals surface area contributed by atoms with Gasteiger partial charge in [-0.2, -0.15) is 0 Å². The number of nitrogens with one attached hydrogen (secondary N) is 1. The highest BCUT2D eigenvalue weighted by Gasteiger charge is 2.10. The van der Waals surface area contributed by atoms with E-state index in [0.29, 0.717) is 5.95 Å². The normalized spacial score (nSPS) is 17.5. The third kappa shape index (κ3) is 1.23. The number of aryl methyl sites for hydroxylation is 2. The molecule has 0 saturated heterocycles. The van der Waals surface area contributed by atoms with E-state index in [2.05, 4.69) is 9.97 Å². The van der Waals surface area contributed by atoms with Crippen LogP contribution < -0.4 is 5.73 Å². The van der Waals surface area contributed by atoms with Gasteiger partial charge in [0.15, 0.2) is 5.95 Å². The Kier molecular flexibility index (Phi) is 1.56. The Balaban J connectivity index is 2.32. The summed E-state index contributed by atoms with van der Waals surface area (Å²) in [6.45, 7) is 0. The number of rotatable bonds is 0. The average Bonchev–Trinajstić information content (AvgIpc) is 2.17. The molecule has 0 atom stereocenters. The van der Waals surface area contributed by atoms with Crippen molar-refractivity contribution in [2.75, 3.05) is 5.73 Å². The summed E-state index contributed by atoms with van der Waals surface area (Å²) in [7, 11) is 0. The maximum Gasteiger partial charge on any atom is 0.197 e. The van der Waals surface area contributed by atoms with Crippen molar-refractivity contribution in [2.45, 2.75) is 32.1 Å². The summed E-state index contributed by atoms with van der Waals surface area (Å²) >= 11 is 0. The third-order valence-corrected chi connectivity index (χ3v) is 2.22. The summed E-state index contributed by atoms with van der Waals surface area (Å²) < 4.78 is 0. The fourth-order valence-corrected chi connectivity index (χ4v) is 1.65. The van der Waals surface area contributed by atoms with Crippen molar-refractivity contribution in [3.05, 3.63) is 11.4 Å². The summed E-state index contributed by atoms with van der Waals surface area (Å²) in [5.74, 6) is 0.580. The van der Waals surface area contributed by atoms with E-state index < -0.39 is 0 Å². The van der Waals surface area contributed by atoms with E-state index in [1.807, 2.05) is 0 Å². The second-order valence-corrected chi connectivity index (χ2v) is 3.11. The third-order valence-electron chi connectivity index (χ3n) is 2.22. The number of nitrogens with two attached hydrogens (primary N) is 1. The number of anilines is 1. The van der Waals surface area contributed by atoms with E-state index in [4.69, 9.17) is 5.73 Å². The molecular formula is C8H13N3. The van der Waals surface area contributed by atoms with E-state index in [9.17, 15) is 0 Å². The van der Waals surface area contributed by atoms with Crippen molar-refractivity contribution in [3.63, 3.8) is 0 Å². The van der Waals surface area contributed by atoms with Crippen LogP contribution in [0.5, 0.6) is 0 Å². The predicted molar refractivity (Wildman–Crippen MR) is 44.3 cm³/mol. The quantitative estimate of drug-likeness (QED) is 0.548. The Labute approximate surface area is 66.0 Å². The minimum Gasteiger partial charge on any atom is -0.369 e. The molecule has 0 amide bonds. The largest absolute Gasteiger partial charge is 0.369 e. The van der Waals surface area contributed by atoms with Gasteiger partial charge >= 0.3 is 0 Å². The molecule has 0 radical (unpaired) electrons. The van der Waals surface area contributed by atoms with Crippen molar-refractivity contribution >= 4 is 5.95 Å². The molecule has 1 aliphatic rings. The SMILES string of the molecule is Nc1nc2c([nH]1)CCCCC2. The highest BCUT2D eigenvalue weighted by molar-refractivity contribution is 5.26. The highest BCUT2D eigenvalue weighted by atomic mass is 15.0. The molecule has 3 heteroatoms. The number of hydrogen-bond acceptors (Lipinski definition) is 2. The molecule has 0 unspecified atom stereocenters. The van der Waals surface area contributed by atoms with Gasteiger partial charge in [-0.25, -0.2) is 4.98 Å². The first kappa shape index (κ1) is 6.70. The lowest BCUT2D eigenvalue weighted by molar-refractivity contribution is 0.703. The lowest BCUT2D eigenvalue weighted by Gasteiger charge is -1.91. The Bertz CT molecular complexity index is 228. The first-order chi connectivity index (χ1) is 5.36. The van der Waals surface area contributed by atoms with Crippen LogP contribution in [0, 0.1) is 0 Å². The standard InChI is InChI=1S/C8H13N3/c9-8-10-6-4-2-1-3-5-7(6)11-8/h1-5H2,(H3,9,10,11). The second-order valence-electron chi connectivity index (χ2n) is 3.11. The van der Waals surface area contributed by atoms with Crippen LogP contribution in [0.15, 0.2) is 0 Å². The molecule has 3 N–H and O–H groups in total. The van der Waals surface area contributed by atoms with Crippen molar-refractivity contribution in [1.29, 1.82) is 0 Å². The number of nitrogen functional groups attached to an aromatic ring is 1. The summed E-state index contributed by atoms with van der Waals surface area (Å²) in [6, 6.07) is 0. The van der Waals surface area contributed by atoms with Crippen LogP contribution in [0.4, 0.5) is 5.95 Å². The average molecular weight is 151 g/mol. The van der Waals surface area contributed by atoms with E-state index in [-0.39, 0.29) is 0 Å². The summed E-state index contributed by atoms with van der Waals surface area (Å²) in [6.07, 6.45) is 6.08. The zero-order valence-electron chi connectivity index (χ0n) is 6.56. The Morgan fingerprint density at radius 2 is 2.00 bits per heavy atom. The molecule has 60 valence electrons. The Morgan fingerprint density at radius 3 is 2.91 bits per heavy atom. The van der Waals surface area contributed by atoms with Gasteiger partial charge in [0.2, 0.25) is 0 Å². The number of aromatic amines is 1. The minimum atomic E-state index is 0.580. The number of aromatic nitrogens is 2. The van der Waals surface area contributed by atoms with E-state index in [0.717, 1.165) is 12.8 Å². The molecule has 2 rings (SSSR count). The van der Waals surface area contributed by atoms with Gasteiger partial charge in [0.1, 0.15) is 0 Å². The topological polar surface area (TPSA) is 54.7 Å². The van der Waals surface area contributed by atoms with Crippen molar-refractivity contribution in [2.24, 2.45) is 0 Å². The predicted octanol–water partition coefficient (Wildman–Crippen LogP) is 1.26. The summed E-state index contributed by atoms with van der Waals surface area (Å²) in [4.78, 5) is 7.34. The van der Waals surface area contributed by atoms with Gasteiger partial charge in [-0.3, -0.25) is 0 Å². The van der Waals surface area contributed by atoms with Crippen LogP contribution in [0.2, 0.25) is 0 Å². The van der Waals surface area contributed by atoms with Crippen molar-refractivity contribution in [3.8, 4) is 0 Å². The van der Waals surface area contributed by atoms with E-state index in [1.54, 1.807) is 0 Å². The number of H-pyrrole nitrogens is 1. The van der Waals surface area contributed by atoms with Gasteiger partial charge in [0.05, 0.1) is 5.69 Å². The number of hydrogen-bond donors (Lipinski definition) is 2. The monoisotopic (exact) mass is 151 g/mol. The zero-order chi connectivity index (χ0) is 7.68. The van der Waals surface area contributed by atoms with Crippen molar-refractivity contribution in [1.82, 2.24) is 9.97 Å². The van der Waals surface area contributed by atoms with Gasteiger partial charge in [0, 0.05) is 5.69 Å². The number of imidazole rings is 1. The maximum atomic E-state index is 5.54. The molecule has 1 aromatic heterocycles. The molecule has 3 nitrogen and oxygen atoms in total. The van der Waals surface area contributed by atoms with Gasteiger partial charge in [-0.15, -0.1) is 0 Å². The molecular weight excluding hydrogens is 138 g/mol. The first-order valence-corrected chi connectivity index (χ1v) is 4.19. The van der Waals surface area contributed by atoms with Gasteiger partial charge < -0.3 is 10.7 Å². The highest BCUT2D eigenvalue weighted by Crippen LogP contribution is 2.18. The Morgan fingerprint density at radius 1 is 1.18 bits per heavy atom. The molecule has 0 saturated carbocycles. The van der Waals surface area contributed by atoms with E-state index >= 15 is 0 Å². The molecule has 0 bridgehead atoms. The van der Waals surface area contributed by atoms with Crippen LogP contribution in [0.25, 0.3) is 0 Å². The summed E-state index contributed by atoms with van der Waals surface area (Å²) in [5.41, 5.74) is 8.00.